The van der Waals surface area contributed by atoms with Crippen LogP contribution in [0.3, 0.4) is 0 Å². The summed E-state index contributed by atoms with van der Waals surface area (Å²) in [5.41, 5.74) is 2.41. The van der Waals surface area contributed by atoms with E-state index in [2.05, 4.69) is 33.8 Å². The Morgan fingerprint density at radius 1 is 1.20 bits per heavy atom. The van der Waals surface area contributed by atoms with Gasteiger partial charge in [0.15, 0.2) is 9.84 Å². The molecule has 134 valence electrons. The molecule has 0 spiro atoms. The second-order valence-electron chi connectivity index (χ2n) is 7.11. The Hall–Kier alpha value is -1.28. The molecule has 5 nitrogen and oxygen atoms in total. The highest BCUT2D eigenvalue weighted by Gasteiger charge is 2.45. The SMILES string of the molecule is Cc1ccccc1-c1ncc(CN2CCN(C)C3CS(=O)(=O)CC32)s1. The molecule has 25 heavy (non-hydrogen) atoms. The largest absolute Gasteiger partial charge is 0.300 e. The van der Waals surface area contributed by atoms with Gasteiger partial charge >= 0.3 is 0 Å². The van der Waals surface area contributed by atoms with Crippen LogP contribution in [-0.2, 0) is 16.4 Å². The molecule has 0 bridgehead atoms. The third-order valence-electron chi connectivity index (χ3n) is 5.36. The summed E-state index contributed by atoms with van der Waals surface area (Å²) in [5.74, 6) is 0.577. The Bertz CT molecular complexity index is 878. The van der Waals surface area contributed by atoms with Crippen molar-refractivity contribution >= 4 is 21.2 Å². The summed E-state index contributed by atoms with van der Waals surface area (Å²) in [6, 6.07) is 8.52. The standard InChI is InChI=1S/C18H23N3O2S2/c1-13-5-3-4-6-15(13)18-19-9-14(24-18)10-21-8-7-20(2)16-11-25(22,23)12-17(16)21/h3-6,9,16-17H,7-8,10-12H2,1-2H3. The minimum atomic E-state index is -2.93. The highest BCUT2D eigenvalue weighted by molar-refractivity contribution is 7.91. The number of hydrogen-bond acceptors (Lipinski definition) is 6. The number of aryl methyl sites for hydroxylation is 1. The maximum atomic E-state index is 12.1. The van der Waals surface area contributed by atoms with Crippen LogP contribution in [-0.4, -0.2) is 66.9 Å². The summed E-state index contributed by atoms with van der Waals surface area (Å²) in [7, 11) is -0.885. The van der Waals surface area contributed by atoms with Crippen molar-refractivity contribution in [2.75, 3.05) is 31.6 Å². The Kier molecular flexibility index (Phi) is 4.43. The number of piperazine rings is 1. The summed E-state index contributed by atoms with van der Waals surface area (Å²) in [4.78, 5) is 10.3. The van der Waals surface area contributed by atoms with E-state index in [1.807, 2.05) is 25.4 Å². The smallest absolute Gasteiger partial charge is 0.153 e. The van der Waals surface area contributed by atoms with Gasteiger partial charge in [0, 0.05) is 48.4 Å². The molecule has 0 radical (unpaired) electrons. The number of benzene rings is 1. The number of likely N-dealkylation sites (N-methyl/N-ethyl adjacent to an activating group) is 1. The van der Waals surface area contributed by atoms with E-state index >= 15 is 0 Å². The summed E-state index contributed by atoms with van der Waals surface area (Å²) in [6.07, 6.45) is 1.95. The van der Waals surface area contributed by atoms with E-state index in [1.54, 1.807) is 11.3 Å². The Labute approximate surface area is 153 Å². The highest BCUT2D eigenvalue weighted by atomic mass is 32.2. The second kappa shape index (κ2) is 6.46. The van der Waals surface area contributed by atoms with Crippen molar-refractivity contribution in [2.45, 2.75) is 25.6 Å². The van der Waals surface area contributed by atoms with Gasteiger partial charge in [0.25, 0.3) is 0 Å². The van der Waals surface area contributed by atoms with Gasteiger partial charge in [-0.1, -0.05) is 24.3 Å². The molecule has 2 atom stereocenters. The van der Waals surface area contributed by atoms with Crippen LogP contribution in [0.15, 0.2) is 30.5 Å². The first-order valence-electron chi connectivity index (χ1n) is 8.58. The molecule has 1 aromatic heterocycles. The molecule has 0 saturated carbocycles. The minimum Gasteiger partial charge on any atom is -0.300 e. The summed E-state index contributed by atoms with van der Waals surface area (Å²) >= 11 is 1.71. The van der Waals surface area contributed by atoms with Crippen molar-refractivity contribution in [1.82, 2.24) is 14.8 Å². The molecule has 0 amide bonds. The predicted octanol–water partition coefficient (Wildman–Crippen LogP) is 2.03. The van der Waals surface area contributed by atoms with Crippen LogP contribution in [0.5, 0.6) is 0 Å². The van der Waals surface area contributed by atoms with Gasteiger partial charge in [-0.2, -0.15) is 0 Å². The molecule has 4 rings (SSSR count). The van der Waals surface area contributed by atoms with Crippen molar-refractivity contribution in [1.29, 1.82) is 0 Å². The van der Waals surface area contributed by atoms with Crippen molar-refractivity contribution in [3.63, 3.8) is 0 Å². The van der Waals surface area contributed by atoms with Gasteiger partial charge in [0.1, 0.15) is 5.01 Å². The fourth-order valence-electron chi connectivity index (χ4n) is 3.91. The van der Waals surface area contributed by atoms with E-state index in [0.717, 1.165) is 24.6 Å². The Balaban J connectivity index is 1.54. The minimum absolute atomic E-state index is 0.104. The summed E-state index contributed by atoms with van der Waals surface area (Å²) in [6.45, 7) is 4.71. The molecule has 2 saturated heterocycles. The van der Waals surface area contributed by atoms with Gasteiger partial charge in [0.05, 0.1) is 11.5 Å². The zero-order chi connectivity index (χ0) is 17.6. The summed E-state index contributed by atoms with van der Waals surface area (Å²) in [5, 5.41) is 1.04. The summed E-state index contributed by atoms with van der Waals surface area (Å²) < 4.78 is 24.2. The molecule has 2 aliphatic heterocycles. The number of thiazole rings is 1. The predicted molar refractivity (Wildman–Crippen MR) is 102 cm³/mol. The van der Waals surface area contributed by atoms with Gasteiger partial charge in [-0.25, -0.2) is 13.4 Å². The molecule has 0 aliphatic carbocycles. The molecular weight excluding hydrogens is 354 g/mol. The third-order valence-corrected chi connectivity index (χ3v) is 8.07. The number of nitrogens with zero attached hydrogens (tertiary/aromatic N) is 3. The fourth-order valence-corrected chi connectivity index (χ4v) is 7.03. The van der Waals surface area contributed by atoms with Crippen LogP contribution in [0.25, 0.3) is 10.6 Å². The first kappa shape index (κ1) is 17.1. The van der Waals surface area contributed by atoms with Crippen LogP contribution in [0.2, 0.25) is 0 Å². The van der Waals surface area contributed by atoms with Gasteiger partial charge in [0.2, 0.25) is 0 Å². The first-order valence-corrected chi connectivity index (χ1v) is 11.2. The second-order valence-corrected chi connectivity index (χ2v) is 10.4. The quantitative estimate of drug-likeness (QED) is 0.819. The van der Waals surface area contributed by atoms with Gasteiger partial charge < -0.3 is 0 Å². The normalized spacial score (nSPS) is 26.6. The van der Waals surface area contributed by atoms with E-state index in [4.69, 9.17) is 0 Å². The van der Waals surface area contributed by atoms with E-state index in [1.165, 1.54) is 16.0 Å². The van der Waals surface area contributed by atoms with Crippen molar-refractivity contribution < 1.29 is 8.42 Å². The van der Waals surface area contributed by atoms with E-state index in [-0.39, 0.29) is 17.8 Å². The average molecular weight is 378 g/mol. The van der Waals surface area contributed by atoms with Crippen LogP contribution < -0.4 is 0 Å². The van der Waals surface area contributed by atoms with Crippen molar-refractivity contribution in [3.8, 4) is 10.6 Å². The lowest BCUT2D eigenvalue weighted by molar-refractivity contribution is 0.0580. The maximum Gasteiger partial charge on any atom is 0.153 e. The molecule has 2 unspecified atom stereocenters. The van der Waals surface area contributed by atoms with Crippen molar-refractivity contribution in [2.24, 2.45) is 0 Å². The number of aromatic nitrogens is 1. The molecule has 1 aromatic carbocycles. The van der Waals surface area contributed by atoms with Gasteiger partial charge in [-0.15, -0.1) is 11.3 Å². The van der Waals surface area contributed by atoms with Crippen LogP contribution in [0, 0.1) is 6.92 Å². The lowest BCUT2D eigenvalue weighted by Gasteiger charge is -2.42. The lowest BCUT2D eigenvalue weighted by atomic mass is 10.1. The van der Waals surface area contributed by atoms with Gasteiger partial charge in [-0.05, 0) is 19.5 Å². The third kappa shape index (κ3) is 3.38. The average Bonchev–Trinajstić information content (AvgIpc) is 3.15. The molecule has 2 fully saturated rings. The zero-order valence-electron chi connectivity index (χ0n) is 14.6. The van der Waals surface area contributed by atoms with Crippen molar-refractivity contribution in [3.05, 3.63) is 40.9 Å². The molecule has 2 aromatic rings. The van der Waals surface area contributed by atoms with E-state index < -0.39 is 9.84 Å². The Morgan fingerprint density at radius 2 is 1.96 bits per heavy atom. The molecule has 7 heteroatoms. The van der Waals surface area contributed by atoms with Crippen LogP contribution in [0.1, 0.15) is 10.4 Å². The number of hydrogen-bond donors (Lipinski definition) is 0. The monoisotopic (exact) mass is 377 g/mol. The van der Waals surface area contributed by atoms with Crippen LogP contribution in [0.4, 0.5) is 0 Å². The number of rotatable bonds is 3. The first-order chi connectivity index (χ1) is 11.9. The lowest BCUT2D eigenvalue weighted by Crippen LogP contribution is -2.57. The topological polar surface area (TPSA) is 53.5 Å². The molecule has 0 N–H and O–H groups in total. The van der Waals surface area contributed by atoms with E-state index in [9.17, 15) is 8.42 Å². The van der Waals surface area contributed by atoms with E-state index in [0.29, 0.717) is 5.75 Å². The molecule has 3 heterocycles. The zero-order valence-corrected chi connectivity index (χ0v) is 16.2. The van der Waals surface area contributed by atoms with Gasteiger partial charge in [-0.3, -0.25) is 9.80 Å². The molecule has 2 aliphatic rings. The number of fused-ring (bicyclic) bond motifs is 1. The number of sulfone groups is 1. The maximum absolute atomic E-state index is 12.1. The Morgan fingerprint density at radius 3 is 2.76 bits per heavy atom. The molecular formula is C18H23N3O2S2. The highest BCUT2D eigenvalue weighted by Crippen LogP contribution is 2.31. The van der Waals surface area contributed by atoms with Crippen LogP contribution >= 0.6 is 11.3 Å². The fraction of sp³-hybridized carbons (Fsp3) is 0.500.